The molecule has 0 aliphatic carbocycles. The topological polar surface area (TPSA) is 70.6 Å². The van der Waals surface area contributed by atoms with Crippen LogP contribution >= 0.6 is 11.3 Å². The molecule has 4 rings (SSSR count). The number of para-hydroxylation sites is 1. The number of piperazine rings is 1. The molecule has 164 valence electrons. The van der Waals surface area contributed by atoms with Crippen molar-refractivity contribution >= 4 is 42.4 Å². The van der Waals surface area contributed by atoms with Crippen molar-refractivity contribution in [2.45, 2.75) is 25.5 Å². The van der Waals surface area contributed by atoms with Crippen LogP contribution in [0.25, 0.3) is 10.2 Å². The Morgan fingerprint density at radius 3 is 2.48 bits per heavy atom. The highest BCUT2D eigenvalue weighted by molar-refractivity contribution is 7.90. The number of aryl methyl sites for hydroxylation is 1. The van der Waals surface area contributed by atoms with Gasteiger partial charge in [0, 0.05) is 32.6 Å². The van der Waals surface area contributed by atoms with E-state index in [4.69, 9.17) is 4.98 Å². The zero-order chi connectivity index (χ0) is 21.8. The highest BCUT2D eigenvalue weighted by Crippen LogP contribution is 2.31. The van der Waals surface area contributed by atoms with Gasteiger partial charge in [-0.25, -0.2) is 13.4 Å². The number of benzene rings is 2. The Labute approximate surface area is 187 Å². The fourth-order valence-corrected chi connectivity index (χ4v) is 6.38. The van der Waals surface area contributed by atoms with Crippen molar-refractivity contribution in [2.75, 3.05) is 36.8 Å². The molecule has 31 heavy (non-hydrogen) atoms. The first-order valence-corrected chi connectivity index (χ1v) is 13.2. The predicted molar refractivity (Wildman–Crippen MR) is 126 cm³/mol. The van der Waals surface area contributed by atoms with Crippen LogP contribution in [-0.4, -0.2) is 56.1 Å². The van der Waals surface area contributed by atoms with E-state index in [9.17, 15) is 13.2 Å². The van der Waals surface area contributed by atoms with E-state index in [0.717, 1.165) is 29.3 Å². The van der Waals surface area contributed by atoms with Crippen molar-refractivity contribution in [3.05, 3.63) is 59.7 Å². The number of aromatic nitrogens is 1. The first-order valence-electron chi connectivity index (χ1n) is 10.5. The summed E-state index contributed by atoms with van der Waals surface area (Å²) >= 11 is 1.69. The smallest absolute Gasteiger partial charge is 0.222 e. The Morgan fingerprint density at radius 2 is 1.77 bits per heavy atom. The third-order valence-electron chi connectivity index (χ3n) is 5.59. The van der Waals surface area contributed by atoms with Crippen LogP contribution in [0.4, 0.5) is 5.13 Å². The third-order valence-corrected chi connectivity index (χ3v) is 8.35. The number of thiazole rings is 1. The van der Waals surface area contributed by atoms with Crippen LogP contribution in [0.1, 0.15) is 24.0 Å². The van der Waals surface area contributed by atoms with Gasteiger partial charge in [0.1, 0.15) is 0 Å². The Bertz CT molecular complexity index is 1150. The first kappa shape index (κ1) is 21.8. The molecule has 1 amide bonds. The molecule has 1 aliphatic rings. The fourth-order valence-electron chi connectivity index (χ4n) is 3.86. The maximum Gasteiger partial charge on any atom is 0.222 e. The summed E-state index contributed by atoms with van der Waals surface area (Å²) in [6.45, 7) is 4.85. The molecule has 0 radical (unpaired) electrons. The van der Waals surface area contributed by atoms with Gasteiger partial charge in [0.05, 0.1) is 21.7 Å². The zero-order valence-electron chi connectivity index (χ0n) is 17.7. The number of carbonyl (C=O) groups is 1. The quantitative estimate of drug-likeness (QED) is 0.542. The average Bonchev–Trinajstić information content (AvgIpc) is 3.20. The molecule has 8 heteroatoms. The number of hydrogen-bond donors (Lipinski definition) is 0. The molecule has 1 aromatic heterocycles. The Hall–Kier alpha value is -2.45. The van der Waals surface area contributed by atoms with Crippen molar-refractivity contribution in [2.24, 2.45) is 0 Å². The molecule has 1 aliphatic heterocycles. The van der Waals surface area contributed by atoms with Gasteiger partial charge in [-0.3, -0.25) is 4.79 Å². The van der Waals surface area contributed by atoms with Gasteiger partial charge < -0.3 is 9.80 Å². The van der Waals surface area contributed by atoms with Crippen LogP contribution in [0.5, 0.6) is 0 Å². The van der Waals surface area contributed by atoms with Crippen molar-refractivity contribution < 1.29 is 13.2 Å². The molecule has 0 N–H and O–H groups in total. The monoisotopic (exact) mass is 457 g/mol. The van der Waals surface area contributed by atoms with Crippen LogP contribution in [0.15, 0.2) is 48.5 Å². The average molecular weight is 458 g/mol. The fraction of sp³-hybridized carbons (Fsp3) is 0.391. The predicted octanol–water partition coefficient (Wildman–Crippen LogP) is 3.65. The van der Waals surface area contributed by atoms with Crippen molar-refractivity contribution in [1.82, 2.24) is 9.88 Å². The number of amides is 1. The van der Waals surface area contributed by atoms with Crippen LogP contribution in [0.3, 0.4) is 0 Å². The van der Waals surface area contributed by atoms with Crippen molar-refractivity contribution in [1.29, 1.82) is 0 Å². The number of rotatable bonds is 7. The van der Waals surface area contributed by atoms with Gasteiger partial charge in [-0.2, -0.15) is 0 Å². The first-order chi connectivity index (χ1) is 14.9. The van der Waals surface area contributed by atoms with Gasteiger partial charge in [-0.05, 0) is 30.5 Å². The van der Waals surface area contributed by atoms with Crippen LogP contribution in [0, 0.1) is 6.92 Å². The Morgan fingerprint density at radius 1 is 1.03 bits per heavy atom. The summed E-state index contributed by atoms with van der Waals surface area (Å²) in [5.41, 5.74) is 3.02. The molecule has 6 nitrogen and oxygen atoms in total. The highest BCUT2D eigenvalue weighted by atomic mass is 32.2. The van der Waals surface area contributed by atoms with E-state index in [1.165, 1.54) is 10.3 Å². The standard InChI is InChI=1S/C23H27N3O3S2/c1-18-7-5-10-20-22(18)24-23(30-20)26-14-12-25(13-15-26)21(27)11-6-16-31(28,29)17-19-8-3-2-4-9-19/h2-5,7-10H,6,11-17H2,1H3. The molecular weight excluding hydrogens is 430 g/mol. The molecule has 2 aromatic carbocycles. The third kappa shape index (κ3) is 5.43. The largest absolute Gasteiger partial charge is 0.345 e. The maximum atomic E-state index is 12.6. The lowest BCUT2D eigenvalue weighted by atomic mass is 10.2. The normalized spacial score (nSPS) is 14.9. The second-order valence-electron chi connectivity index (χ2n) is 7.97. The maximum absolute atomic E-state index is 12.6. The number of nitrogens with zero attached hydrogens (tertiary/aromatic N) is 3. The molecule has 0 saturated carbocycles. The van der Waals surface area contributed by atoms with Gasteiger partial charge >= 0.3 is 0 Å². The number of sulfone groups is 1. The van der Waals surface area contributed by atoms with Gasteiger partial charge in [0.2, 0.25) is 5.91 Å². The number of hydrogen-bond acceptors (Lipinski definition) is 6. The molecule has 3 aromatic rings. The number of carbonyl (C=O) groups excluding carboxylic acids is 1. The molecule has 0 bridgehead atoms. The summed E-state index contributed by atoms with van der Waals surface area (Å²) < 4.78 is 25.8. The Balaban J connectivity index is 1.25. The lowest BCUT2D eigenvalue weighted by Crippen LogP contribution is -2.48. The minimum absolute atomic E-state index is 0.0301. The van der Waals surface area contributed by atoms with Crippen LogP contribution in [0.2, 0.25) is 0 Å². The molecule has 0 spiro atoms. The second-order valence-corrected chi connectivity index (χ2v) is 11.2. The number of fused-ring (bicyclic) bond motifs is 1. The zero-order valence-corrected chi connectivity index (χ0v) is 19.3. The molecule has 0 unspecified atom stereocenters. The summed E-state index contributed by atoms with van der Waals surface area (Å²) in [6, 6.07) is 15.4. The lowest BCUT2D eigenvalue weighted by molar-refractivity contribution is -0.131. The SMILES string of the molecule is Cc1cccc2sc(N3CCN(C(=O)CCCS(=O)(=O)Cc4ccccc4)CC3)nc12. The van der Waals surface area contributed by atoms with E-state index in [1.54, 1.807) is 11.3 Å². The summed E-state index contributed by atoms with van der Waals surface area (Å²) in [6.07, 6.45) is 0.639. The summed E-state index contributed by atoms with van der Waals surface area (Å²) in [7, 11) is -3.21. The second kappa shape index (κ2) is 9.36. The van der Waals surface area contributed by atoms with Crippen LogP contribution in [-0.2, 0) is 20.4 Å². The molecular formula is C23H27N3O3S2. The van der Waals surface area contributed by atoms with E-state index < -0.39 is 9.84 Å². The van der Waals surface area contributed by atoms with E-state index in [1.807, 2.05) is 35.2 Å². The Kier molecular flexibility index (Phi) is 6.57. The lowest BCUT2D eigenvalue weighted by Gasteiger charge is -2.34. The van der Waals surface area contributed by atoms with Gasteiger partial charge in [0.15, 0.2) is 15.0 Å². The molecule has 2 heterocycles. The summed E-state index contributed by atoms with van der Waals surface area (Å²) in [4.78, 5) is 21.4. The molecule has 1 saturated heterocycles. The van der Waals surface area contributed by atoms with E-state index >= 15 is 0 Å². The van der Waals surface area contributed by atoms with E-state index in [0.29, 0.717) is 19.5 Å². The minimum Gasteiger partial charge on any atom is -0.345 e. The summed E-state index contributed by atoms with van der Waals surface area (Å²) in [5, 5.41) is 1.00. The summed E-state index contributed by atoms with van der Waals surface area (Å²) in [5.74, 6) is 0.107. The molecule has 1 fully saturated rings. The van der Waals surface area contributed by atoms with Crippen LogP contribution < -0.4 is 4.90 Å². The molecule has 0 atom stereocenters. The minimum atomic E-state index is -3.21. The van der Waals surface area contributed by atoms with E-state index in [-0.39, 0.29) is 23.8 Å². The van der Waals surface area contributed by atoms with Gasteiger partial charge in [-0.15, -0.1) is 0 Å². The number of anilines is 1. The van der Waals surface area contributed by atoms with Crippen molar-refractivity contribution in [3.63, 3.8) is 0 Å². The van der Waals surface area contributed by atoms with Gasteiger partial charge in [-0.1, -0.05) is 53.8 Å². The van der Waals surface area contributed by atoms with E-state index in [2.05, 4.69) is 30.0 Å². The van der Waals surface area contributed by atoms with Gasteiger partial charge in [0.25, 0.3) is 0 Å². The van der Waals surface area contributed by atoms with Crippen molar-refractivity contribution in [3.8, 4) is 0 Å². The highest BCUT2D eigenvalue weighted by Gasteiger charge is 2.23.